The zero-order valence-corrected chi connectivity index (χ0v) is 13.2. The highest BCUT2D eigenvalue weighted by molar-refractivity contribution is 5.56. The molecule has 1 unspecified atom stereocenters. The number of hydrogen-bond acceptors (Lipinski definition) is 4. The van der Waals surface area contributed by atoms with Gasteiger partial charge in [0.15, 0.2) is 0 Å². The molecule has 0 spiro atoms. The summed E-state index contributed by atoms with van der Waals surface area (Å²) in [6.07, 6.45) is 2.44. The minimum Gasteiger partial charge on any atom is -0.492 e. The minimum absolute atomic E-state index is 0.226. The molecule has 122 valence electrons. The topological polar surface area (TPSA) is 39.7 Å². The maximum Gasteiger partial charge on any atom is 0.142 e. The summed E-state index contributed by atoms with van der Waals surface area (Å²) >= 11 is 0. The van der Waals surface area contributed by atoms with E-state index in [1.807, 2.05) is 54.6 Å². The van der Waals surface area contributed by atoms with Crippen molar-refractivity contribution in [2.45, 2.75) is 18.9 Å². The largest absolute Gasteiger partial charge is 0.492 e. The Balaban J connectivity index is 1.45. The highest BCUT2D eigenvalue weighted by atomic mass is 16.5. The van der Waals surface area contributed by atoms with Gasteiger partial charge in [-0.2, -0.15) is 0 Å². The van der Waals surface area contributed by atoms with E-state index in [0.717, 1.165) is 43.2 Å². The fourth-order valence-electron chi connectivity index (χ4n) is 2.57. The monoisotopic (exact) mass is 313 g/mol. The molecule has 1 atom stereocenters. The molecule has 3 rings (SSSR count). The molecular formula is C19H23NO3. The van der Waals surface area contributed by atoms with Crippen LogP contribution in [0.1, 0.15) is 12.8 Å². The van der Waals surface area contributed by atoms with Crippen LogP contribution in [0.15, 0.2) is 54.6 Å². The molecule has 1 heterocycles. The van der Waals surface area contributed by atoms with E-state index in [2.05, 4.69) is 5.32 Å². The molecule has 0 aromatic heterocycles. The van der Waals surface area contributed by atoms with Crippen LogP contribution in [0.3, 0.4) is 0 Å². The van der Waals surface area contributed by atoms with E-state index in [-0.39, 0.29) is 6.10 Å². The summed E-state index contributed by atoms with van der Waals surface area (Å²) in [5.74, 6) is 1.75. The van der Waals surface area contributed by atoms with Crippen molar-refractivity contribution in [2.75, 3.05) is 31.7 Å². The first kappa shape index (κ1) is 15.7. The molecule has 2 aromatic rings. The molecule has 0 bridgehead atoms. The number of rotatable bonds is 8. The van der Waals surface area contributed by atoms with E-state index in [0.29, 0.717) is 13.2 Å². The lowest BCUT2D eigenvalue weighted by Gasteiger charge is -2.15. The molecular weight excluding hydrogens is 290 g/mol. The second-order valence-corrected chi connectivity index (χ2v) is 5.53. The summed E-state index contributed by atoms with van der Waals surface area (Å²) in [4.78, 5) is 0. The Morgan fingerprint density at radius 1 is 1.00 bits per heavy atom. The minimum atomic E-state index is 0.226. The molecule has 1 fully saturated rings. The lowest BCUT2D eigenvalue weighted by molar-refractivity contribution is 0.0682. The van der Waals surface area contributed by atoms with Crippen LogP contribution in [0.25, 0.3) is 0 Å². The lowest BCUT2D eigenvalue weighted by atomic mass is 10.2. The Bertz CT molecular complexity index is 582. The van der Waals surface area contributed by atoms with Gasteiger partial charge in [0.05, 0.1) is 11.8 Å². The zero-order valence-electron chi connectivity index (χ0n) is 13.2. The Labute approximate surface area is 137 Å². The number of para-hydroxylation sites is 3. The first-order valence-corrected chi connectivity index (χ1v) is 8.17. The van der Waals surface area contributed by atoms with E-state index < -0.39 is 0 Å². The molecule has 1 aliphatic heterocycles. The Kier molecular flexibility index (Phi) is 5.75. The highest BCUT2D eigenvalue weighted by Gasteiger charge is 2.16. The average molecular weight is 313 g/mol. The quantitative estimate of drug-likeness (QED) is 0.754. The summed E-state index contributed by atoms with van der Waals surface area (Å²) in [6, 6.07) is 17.8. The first-order valence-electron chi connectivity index (χ1n) is 8.17. The van der Waals surface area contributed by atoms with Crippen LogP contribution in [0.5, 0.6) is 11.5 Å². The number of nitrogens with one attached hydrogen (secondary N) is 1. The smallest absolute Gasteiger partial charge is 0.142 e. The van der Waals surface area contributed by atoms with Gasteiger partial charge in [-0.25, -0.2) is 0 Å². The number of benzene rings is 2. The fraction of sp³-hybridized carbons (Fsp3) is 0.368. The van der Waals surface area contributed by atoms with Crippen molar-refractivity contribution in [2.24, 2.45) is 0 Å². The number of ether oxygens (including phenoxy) is 3. The van der Waals surface area contributed by atoms with Gasteiger partial charge in [-0.05, 0) is 37.1 Å². The third kappa shape index (κ3) is 4.89. The van der Waals surface area contributed by atoms with Crippen LogP contribution in [-0.4, -0.2) is 32.5 Å². The SMILES string of the molecule is c1ccc(OCCNc2ccccc2OCC2CCCO2)cc1. The van der Waals surface area contributed by atoms with E-state index in [4.69, 9.17) is 14.2 Å². The van der Waals surface area contributed by atoms with Gasteiger partial charge >= 0.3 is 0 Å². The summed E-state index contributed by atoms with van der Waals surface area (Å²) in [7, 11) is 0. The Hall–Kier alpha value is -2.20. The maximum atomic E-state index is 5.91. The van der Waals surface area contributed by atoms with Crippen molar-refractivity contribution in [1.29, 1.82) is 0 Å². The zero-order chi connectivity index (χ0) is 15.7. The second kappa shape index (κ2) is 8.44. The van der Waals surface area contributed by atoms with Crippen LogP contribution in [0.2, 0.25) is 0 Å². The van der Waals surface area contributed by atoms with E-state index in [1.165, 1.54) is 0 Å². The Morgan fingerprint density at radius 2 is 1.83 bits per heavy atom. The second-order valence-electron chi connectivity index (χ2n) is 5.53. The van der Waals surface area contributed by atoms with Crippen LogP contribution in [-0.2, 0) is 4.74 Å². The van der Waals surface area contributed by atoms with E-state index in [9.17, 15) is 0 Å². The van der Waals surface area contributed by atoms with Gasteiger partial charge < -0.3 is 19.5 Å². The molecule has 2 aromatic carbocycles. The highest BCUT2D eigenvalue weighted by Crippen LogP contribution is 2.24. The summed E-state index contributed by atoms with van der Waals surface area (Å²) in [6.45, 7) is 2.78. The van der Waals surface area contributed by atoms with Gasteiger partial charge in [-0.1, -0.05) is 30.3 Å². The van der Waals surface area contributed by atoms with Crippen molar-refractivity contribution in [3.05, 3.63) is 54.6 Å². The normalized spacial score (nSPS) is 17.0. The molecule has 0 amide bonds. The summed E-state index contributed by atoms with van der Waals surface area (Å²) in [5.41, 5.74) is 0.988. The van der Waals surface area contributed by atoms with Crippen molar-refractivity contribution in [3.8, 4) is 11.5 Å². The standard InChI is InChI=1S/C19H23NO3/c1-2-7-16(8-3-1)22-14-12-20-18-10-4-5-11-19(18)23-15-17-9-6-13-21-17/h1-5,7-8,10-11,17,20H,6,9,12-15H2. The summed E-state index contributed by atoms with van der Waals surface area (Å²) in [5, 5.41) is 3.37. The lowest BCUT2D eigenvalue weighted by Crippen LogP contribution is -2.17. The molecule has 4 heteroatoms. The predicted octanol–water partition coefficient (Wildman–Crippen LogP) is 3.74. The van der Waals surface area contributed by atoms with E-state index in [1.54, 1.807) is 0 Å². The molecule has 23 heavy (non-hydrogen) atoms. The molecule has 0 saturated carbocycles. The number of anilines is 1. The number of hydrogen-bond donors (Lipinski definition) is 1. The average Bonchev–Trinajstić information content (AvgIpc) is 3.12. The molecule has 0 aliphatic carbocycles. The molecule has 0 radical (unpaired) electrons. The third-order valence-electron chi connectivity index (χ3n) is 3.77. The van der Waals surface area contributed by atoms with Crippen molar-refractivity contribution in [3.63, 3.8) is 0 Å². The fourth-order valence-corrected chi connectivity index (χ4v) is 2.57. The van der Waals surface area contributed by atoms with Crippen LogP contribution in [0.4, 0.5) is 5.69 Å². The van der Waals surface area contributed by atoms with Crippen LogP contribution in [0, 0.1) is 0 Å². The van der Waals surface area contributed by atoms with Crippen molar-refractivity contribution < 1.29 is 14.2 Å². The maximum absolute atomic E-state index is 5.91. The van der Waals surface area contributed by atoms with Gasteiger partial charge in [0.1, 0.15) is 24.7 Å². The van der Waals surface area contributed by atoms with Crippen molar-refractivity contribution in [1.82, 2.24) is 0 Å². The van der Waals surface area contributed by atoms with E-state index >= 15 is 0 Å². The van der Waals surface area contributed by atoms with Crippen LogP contribution < -0.4 is 14.8 Å². The van der Waals surface area contributed by atoms with Gasteiger partial charge in [0, 0.05) is 13.2 Å². The van der Waals surface area contributed by atoms with Gasteiger partial charge in [0.25, 0.3) is 0 Å². The first-order chi connectivity index (χ1) is 11.4. The molecule has 1 N–H and O–H groups in total. The van der Waals surface area contributed by atoms with Crippen LogP contribution >= 0.6 is 0 Å². The third-order valence-corrected chi connectivity index (χ3v) is 3.77. The molecule has 4 nitrogen and oxygen atoms in total. The van der Waals surface area contributed by atoms with Crippen molar-refractivity contribution >= 4 is 5.69 Å². The summed E-state index contributed by atoms with van der Waals surface area (Å²) < 4.78 is 17.2. The molecule has 1 aliphatic rings. The molecule has 1 saturated heterocycles. The Morgan fingerprint density at radius 3 is 2.65 bits per heavy atom. The van der Waals surface area contributed by atoms with Gasteiger partial charge in [0.2, 0.25) is 0 Å². The van der Waals surface area contributed by atoms with Gasteiger partial charge in [-0.3, -0.25) is 0 Å². The van der Waals surface area contributed by atoms with Gasteiger partial charge in [-0.15, -0.1) is 0 Å². The predicted molar refractivity (Wildman–Crippen MR) is 91.3 cm³/mol.